The van der Waals surface area contributed by atoms with Crippen LogP contribution in [0.1, 0.15) is 71.1 Å². The van der Waals surface area contributed by atoms with Crippen LogP contribution < -0.4 is 0 Å². The molecular formula is C12H25NaO4S-. The Balaban J connectivity index is 0. The van der Waals surface area contributed by atoms with Crippen molar-refractivity contribution in [3.63, 3.8) is 0 Å². The molecular weight excluding hydrogens is 263 g/mol. The maximum absolute atomic E-state index is 10.1. The van der Waals surface area contributed by atoms with Crippen molar-refractivity contribution in [1.29, 1.82) is 0 Å². The summed E-state index contributed by atoms with van der Waals surface area (Å²) >= 11 is 0. The number of hydrogen-bond acceptors (Lipinski definition) is 4. The van der Waals surface area contributed by atoms with Crippen LogP contribution in [0.25, 0.3) is 0 Å². The summed E-state index contributed by atoms with van der Waals surface area (Å²) < 4.78 is 34.5. The number of rotatable bonds is 12. The predicted molar refractivity (Wildman–Crippen MR) is 73.2 cm³/mol. The number of hydrogen-bond donors (Lipinski definition) is 0. The summed E-state index contributed by atoms with van der Waals surface area (Å²) in [6.07, 6.45) is 11.7. The molecule has 6 heteroatoms. The zero-order chi connectivity index (χ0) is 13.0. The van der Waals surface area contributed by atoms with E-state index in [1.165, 1.54) is 44.9 Å². The molecule has 0 aromatic rings. The van der Waals surface area contributed by atoms with Crippen LogP contribution in [-0.4, -0.2) is 49.1 Å². The third kappa shape index (κ3) is 19.2. The Hall–Kier alpha value is 0.870. The summed E-state index contributed by atoms with van der Waals surface area (Å²) in [5, 5.41) is 0. The maximum Gasteiger partial charge on any atom is 0.217 e. The van der Waals surface area contributed by atoms with Gasteiger partial charge < -0.3 is 4.55 Å². The van der Waals surface area contributed by atoms with E-state index in [-0.39, 0.29) is 36.2 Å². The molecule has 0 aliphatic heterocycles. The SMILES string of the molecule is CCCCCCCCCCCCOS(=O)(=O)[O-].[Na]. The van der Waals surface area contributed by atoms with Crippen LogP contribution in [0.2, 0.25) is 0 Å². The normalized spacial score (nSPS) is 11.2. The molecule has 0 aliphatic carbocycles. The summed E-state index contributed by atoms with van der Waals surface area (Å²) in [6, 6.07) is 0. The zero-order valence-electron chi connectivity index (χ0n) is 11.8. The van der Waals surface area contributed by atoms with Crippen molar-refractivity contribution in [3.8, 4) is 0 Å². The van der Waals surface area contributed by atoms with Gasteiger partial charge in [0.05, 0.1) is 6.61 Å². The molecule has 0 aromatic heterocycles. The van der Waals surface area contributed by atoms with Gasteiger partial charge >= 0.3 is 0 Å². The van der Waals surface area contributed by atoms with E-state index in [4.69, 9.17) is 0 Å². The quantitative estimate of drug-likeness (QED) is 0.240. The van der Waals surface area contributed by atoms with Gasteiger partial charge in [-0.1, -0.05) is 64.7 Å². The second kappa shape index (κ2) is 14.3. The first-order valence-electron chi connectivity index (χ1n) is 6.66. The van der Waals surface area contributed by atoms with Crippen LogP contribution in [0.5, 0.6) is 0 Å². The predicted octanol–water partition coefficient (Wildman–Crippen LogP) is 3.00. The fourth-order valence-corrected chi connectivity index (χ4v) is 2.07. The monoisotopic (exact) mass is 288 g/mol. The van der Waals surface area contributed by atoms with Crippen molar-refractivity contribution in [2.75, 3.05) is 6.61 Å². The van der Waals surface area contributed by atoms with Crippen molar-refractivity contribution in [1.82, 2.24) is 0 Å². The van der Waals surface area contributed by atoms with E-state index in [0.29, 0.717) is 6.42 Å². The van der Waals surface area contributed by atoms with Crippen molar-refractivity contribution >= 4 is 40.0 Å². The Morgan fingerprint density at radius 3 is 1.61 bits per heavy atom. The molecule has 0 amide bonds. The van der Waals surface area contributed by atoms with E-state index in [1.54, 1.807) is 0 Å². The molecule has 0 atom stereocenters. The van der Waals surface area contributed by atoms with Crippen molar-refractivity contribution < 1.29 is 17.2 Å². The van der Waals surface area contributed by atoms with Crippen LogP contribution in [0.4, 0.5) is 0 Å². The second-order valence-corrected chi connectivity index (χ2v) is 5.46. The summed E-state index contributed by atoms with van der Waals surface area (Å²) in [7, 11) is -4.48. The van der Waals surface area contributed by atoms with E-state index in [2.05, 4.69) is 11.1 Å². The Morgan fingerprint density at radius 1 is 0.833 bits per heavy atom. The molecule has 0 saturated heterocycles. The Kier molecular flexibility index (Phi) is 16.8. The van der Waals surface area contributed by atoms with Gasteiger partial charge in [-0.15, -0.1) is 0 Å². The molecule has 0 rings (SSSR count). The van der Waals surface area contributed by atoms with Crippen molar-refractivity contribution in [3.05, 3.63) is 0 Å². The van der Waals surface area contributed by atoms with Gasteiger partial charge in [0, 0.05) is 29.6 Å². The largest absolute Gasteiger partial charge is 0.726 e. The van der Waals surface area contributed by atoms with Crippen LogP contribution in [0.15, 0.2) is 0 Å². The van der Waals surface area contributed by atoms with Crippen LogP contribution >= 0.6 is 0 Å². The maximum atomic E-state index is 10.1. The third-order valence-corrected chi connectivity index (χ3v) is 3.18. The summed E-state index contributed by atoms with van der Waals surface area (Å²) in [5.41, 5.74) is 0. The molecule has 0 saturated carbocycles. The van der Waals surface area contributed by atoms with Gasteiger partial charge in [0.1, 0.15) is 0 Å². The van der Waals surface area contributed by atoms with Gasteiger partial charge in [0.15, 0.2) is 0 Å². The van der Waals surface area contributed by atoms with E-state index in [0.717, 1.165) is 12.8 Å². The van der Waals surface area contributed by atoms with Crippen LogP contribution in [-0.2, 0) is 14.6 Å². The topological polar surface area (TPSA) is 66.4 Å². The molecule has 1 radical (unpaired) electrons. The van der Waals surface area contributed by atoms with Crippen LogP contribution in [0.3, 0.4) is 0 Å². The molecule has 18 heavy (non-hydrogen) atoms. The third-order valence-electron chi connectivity index (χ3n) is 2.73. The fraction of sp³-hybridized carbons (Fsp3) is 1.00. The standard InChI is InChI=1S/C12H26O4S.Na/c1-2-3-4-5-6-7-8-9-10-11-12-16-17(13,14)15;/h2-12H2,1H3,(H,13,14,15);/p-1. The van der Waals surface area contributed by atoms with Gasteiger partial charge in [0.2, 0.25) is 10.4 Å². The Morgan fingerprint density at radius 2 is 1.22 bits per heavy atom. The first-order valence-corrected chi connectivity index (χ1v) is 8.00. The smallest absolute Gasteiger partial charge is 0.217 e. The Bertz CT molecular complexity index is 255. The summed E-state index contributed by atoms with van der Waals surface area (Å²) in [4.78, 5) is 0. The minimum absolute atomic E-state index is 0. The van der Waals surface area contributed by atoms with Crippen molar-refractivity contribution in [2.45, 2.75) is 71.1 Å². The zero-order valence-corrected chi connectivity index (χ0v) is 14.6. The van der Waals surface area contributed by atoms with Gasteiger partial charge in [-0.2, -0.15) is 0 Å². The second-order valence-electron chi connectivity index (χ2n) is 4.41. The molecule has 0 aromatic carbocycles. The average Bonchev–Trinajstić information content (AvgIpc) is 2.24. The van der Waals surface area contributed by atoms with E-state index >= 15 is 0 Å². The minimum atomic E-state index is -4.48. The van der Waals surface area contributed by atoms with Gasteiger partial charge in [-0.3, -0.25) is 4.18 Å². The number of unbranched alkanes of at least 4 members (excludes halogenated alkanes) is 9. The first kappa shape index (κ1) is 21.2. The molecule has 0 heterocycles. The molecule has 0 aliphatic rings. The molecule has 0 unspecified atom stereocenters. The van der Waals surface area contributed by atoms with Crippen molar-refractivity contribution in [2.24, 2.45) is 0 Å². The molecule has 0 N–H and O–H groups in total. The van der Waals surface area contributed by atoms with Gasteiger partial charge in [0.25, 0.3) is 0 Å². The minimum Gasteiger partial charge on any atom is -0.726 e. The van der Waals surface area contributed by atoms with Crippen LogP contribution in [0, 0.1) is 0 Å². The van der Waals surface area contributed by atoms with Gasteiger partial charge in [-0.25, -0.2) is 8.42 Å². The molecule has 0 spiro atoms. The van der Waals surface area contributed by atoms with Gasteiger partial charge in [-0.05, 0) is 6.42 Å². The molecule has 4 nitrogen and oxygen atoms in total. The van der Waals surface area contributed by atoms with E-state index in [1.807, 2.05) is 0 Å². The summed E-state index contributed by atoms with van der Waals surface area (Å²) in [5.74, 6) is 0. The Labute approximate surface area is 134 Å². The molecule has 0 bridgehead atoms. The van der Waals surface area contributed by atoms with E-state index < -0.39 is 10.4 Å². The first-order chi connectivity index (χ1) is 8.06. The fourth-order valence-electron chi connectivity index (χ4n) is 1.75. The molecule has 105 valence electrons. The average molecular weight is 288 g/mol. The van der Waals surface area contributed by atoms with E-state index in [9.17, 15) is 13.0 Å². The summed E-state index contributed by atoms with van der Waals surface area (Å²) in [6.45, 7) is 2.24. The molecule has 0 fully saturated rings.